The first-order valence-electron chi connectivity index (χ1n) is 7.07. The van der Waals surface area contributed by atoms with E-state index in [0.29, 0.717) is 30.2 Å². The number of fused-ring (bicyclic) bond motifs is 2. The average Bonchev–Trinajstić information content (AvgIpc) is 2.68. The van der Waals surface area contributed by atoms with Gasteiger partial charge < -0.3 is 5.32 Å². The Balaban J connectivity index is 2.63. The van der Waals surface area contributed by atoms with Crippen LogP contribution in [0.25, 0.3) is 0 Å². The van der Waals surface area contributed by atoms with E-state index in [9.17, 15) is 8.42 Å². The second kappa shape index (κ2) is 5.70. The fraction of sp³-hybridized carbons (Fsp3) is 0.562. The van der Waals surface area contributed by atoms with Crippen molar-refractivity contribution in [2.75, 3.05) is 6.54 Å². The molecule has 110 valence electrons. The largest absolute Gasteiger partial charge is 0.313 e. The third-order valence-corrected chi connectivity index (χ3v) is 5.94. The van der Waals surface area contributed by atoms with Gasteiger partial charge >= 0.3 is 0 Å². The molecule has 0 aromatic rings. The fourth-order valence-corrected chi connectivity index (χ4v) is 5.46. The Hall–Kier alpha value is -1.13. The third kappa shape index (κ3) is 2.31. The quantitative estimate of drug-likeness (QED) is 0.604. The Bertz CT molecular complexity index is 543. The van der Waals surface area contributed by atoms with E-state index in [1.807, 2.05) is 18.2 Å². The molecule has 1 aliphatic carbocycles. The summed E-state index contributed by atoms with van der Waals surface area (Å²) in [6.07, 6.45) is 9.31. The second-order valence-corrected chi connectivity index (χ2v) is 6.97. The molecule has 1 saturated heterocycles. The number of rotatable bonds is 6. The summed E-state index contributed by atoms with van der Waals surface area (Å²) in [6.45, 7) is 12.2. The van der Waals surface area contributed by atoms with E-state index in [4.69, 9.17) is 0 Å². The maximum atomic E-state index is 12.0. The molecule has 1 heterocycles. The van der Waals surface area contributed by atoms with Crippen molar-refractivity contribution >= 4 is 15.2 Å². The van der Waals surface area contributed by atoms with Gasteiger partial charge in [0.1, 0.15) is 0 Å². The molecule has 1 N–H and O–H groups in total. The topological polar surface area (TPSA) is 46.2 Å². The van der Waals surface area contributed by atoms with Gasteiger partial charge in [-0.3, -0.25) is 0 Å². The smallest absolute Gasteiger partial charge is 0.214 e. The van der Waals surface area contributed by atoms with Gasteiger partial charge in [0.05, 0.1) is 4.86 Å². The zero-order valence-electron chi connectivity index (χ0n) is 11.9. The number of hydrogen-bond acceptors (Lipinski definition) is 3. The highest BCUT2D eigenvalue weighted by atomic mass is 32.2. The van der Waals surface area contributed by atoms with Gasteiger partial charge in [0.15, 0.2) is 0 Å². The molecule has 2 unspecified atom stereocenters. The van der Waals surface area contributed by atoms with Crippen molar-refractivity contribution in [2.45, 2.75) is 38.1 Å². The van der Waals surface area contributed by atoms with Crippen molar-refractivity contribution < 1.29 is 8.42 Å². The van der Waals surface area contributed by atoms with Crippen LogP contribution in [0, 0.1) is 10.8 Å². The van der Waals surface area contributed by atoms with Crippen LogP contribution >= 0.6 is 0 Å². The predicted octanol–water partition coefficient (Wildman–Crippen LogP) is 2.50. The van der Waals surface area contributed by atoms with Gasteiger partial charge in [-0.2, -0.15) is 8.42 Å². The third-order valence-electron chi connectivity index (χ3n) is 4.74. The lowest BCUT2D eigenvalue weighted by Crippen LogP contribution is -2.49. The van der Waals surface area contributed by atoms with Crippen LogP contribution < -0.4 is 5.32 Å². The van der Waals surface area contributed by atoms with Crippen molar-refractivity contribution in [1.82, 2.24) is 5.32 Å². The maximum absolute atomic E-state index is 12.0. The van der Waals surface area contributed by atoms with Crippen molar-refractivity contribution in [1.29, 1.82) is 0 Å². The molecule has 0 spiro atoms. The van der Waals surface area contributed by atoms with E-state index in [0.717, 1.165) is 19.4 Å². The van der Waals surface area contributed by atoms with Crippen LogP contribution in [0.5, 0.6) is 0 Å². The van der Waals surface area contributed by atoms with E-state index in [1.165, 1.54) is 0 Å². The average molecular weight is 293 g/mol. The van der Waals surface area contributed by atoms with E-state index in [1.54, 1.807) is 0 Å². The minimum Gasteiger partial charge on any atom is -0.313 e. The van der Waals surface area contributed by atoms with Crippen LogP contribution in [0.1, 0.15) is 32.1 Å². The van der Waals surface area contributed by atoms with Crippen LogP contribution in [-0.2, 0) is 10.3 Å². The second-order valence-electron chi connectivity index (χ2n) is 6.09. The normalized spacial score (nSPS) is 30.8. The highest BCUT2D eigenvalue weighted by Gasteiger charge is 2.56. The standard InChI is InChI=1S/C16H23NO2S/c1-4-7-15(8-5-2)10-13-11-16(9-6-3,12-17-13)14(15)20(18)19/h4-6,13,17H,1-3,7-12H2. The van der Waals surface area contributed by atoms with Crippen LogP contribution in [-0.4, -0.2) is 25.9 Å². The summed E-state index contributed by atoms with van der Waals surface area (Å²) in [7, 11) is -2.19. The molecule has 4 heteroatoms. The minimum absolute atomic E-state index is 0.302. The number of nitrogens with one attached hydrogen (secondary N) is 1. The molecule has 0 amide bonds. The van der Waals surface area contributed by atoms with Gasteiger partial charge in [-0.15, -0.1) is 19.7 Å². The summed E-state index contributed by atoms with van der Waals surface area (Å²) in [5, 5.41) is 3.49. The molecule has 0 aromatic carbocycles. The Morgan fingerprint density at radius 3 is 2.20 bits per heavy atom. The van der Waals surface area contributed by atoms with Gasteiger partial charge in [0, 0.05) is 23.4 Å². The van der Waals surface area contributed by atoms with E-state index < -0.39 is 10.3 Å². The molecule has 2 aliphatic rings. The summed E-state index contributed by atoms with van der Waals surface area (Å²) in [4.78, 5) is 0.658. The molecule has 1 saturated carbocycles. The van der Waals surface area contributed by atoms with Gasteiger partial charge in [-0.25, -0.2) is 0 Å². The molecule has 0 aromatic heterocycles. The summed E-state index contributed by atoms with van der Waals surface area (Å²) in [5.41, 5.74) is -0.658. The zero-order valence-corrected chi connectivity index (χ0v) is 12.7. The van der Waals surface area contributed by atoms with Crippen molar-refractivity contribution in [3.63, 3.8) is 0 Å². The Kier molecular flexibility index (Phi) is 4.35. The predicted molar refractivity (Wildman–Crippen MR) is 84.3 cm³/mol. The Labute approximate surface area is 123 Å². The summed E-state index contributed by atoms with van der Waals surface area (Å²) < 4.78 is 24.0. The highest BCUT2D eigenvalue weighted by Crippen LogP contribution is 2.52. The van der Waals surface area contributed by atoms with Crippen molar-refractivity contribution in [3.05, 3.63) is 38.0 Å². The van der Waals surface area contributed by atoms with Gasteiger partial charge in [0.25, 0.3) is 0 Å². The van der Waals surface area contributed by atoms with Crippen molar-refractivity contribution in [3.8, 4) is 0 Å². The molecule has 3 nitrogen and oxygen atoms in total. The first-order chi connectivity index (χ1) is 9.53. The Morgan fingerprint density at radius 2 is 1.70 bits per heavy atom. The Morgan fingerprint density at radius 1 is 1.10 bits per heavy atom. The lowest BCUT2D eigenvalue weighted by Gasteiger charge is -2.45. The van der Waals surface area contributed by atoms with E-state index >= 15 is 0 Å². The van der Waals surface area contributed by atoms with Crippen LogP contribution in [0.4, 0.5) is 0 Å². The molecule has 0 radical (unpaired) electrons. The van der Waals surface area contributed by atoms with Crippen LogP contribution in [0.3, 0.4) is 0 Å². The van der Waals surface area contributed by atoms with Gasteiger partial charge in [0.2, 0.25) is 10.3 Å². The van der Waals surface area contributed by atoms with E-state index in [-0.39, 0.29) is 10.8 Å². The van der Waals surface area contributed by atoms with Crippen LogP contribution in [0.15, 0.2) is 38.0 Å². The van der Waals surface area contributed by atoms with E-state index in [2.05, 4.69) is 25.1 Å². The molecule has 2 rings (SSSR count). The molecule has 1 aliphatic heterocycles. The lowest BCUT2D eigenvalue weighted by molar-refractivity contribution is 0.275. The SMILES string of the molecule is C=CCC1(CC=C)CC2CC(CC=C)(CN2)C1=S(=O)=O. The fourth-order valence-electron chi connectivity index (χ4n) is 4.27. The van der Waals surface area contributed by atoms with Gasteiger partial charge in [-0.1, -0.05) is 18.2 Å². The first kappa shape index (κ1) is 15.3. The molecular weight excluding hydrogens is 270 g/mol. The zero-order chi connectivity index (χ0) is 14.8. The lowest BCUT2D eigenvalue weighted by atomic mass is 9.59. The molecule has 20 heavy (non-hydrogen) atoms. The highest BCUT2D eigenvalue weighted by molar-refractivity contribution is 7.73. The summed E-state index contributed by atoms with van der Waals surface area (Å²) >= 11 is 0. The minimum atomic E-state index is -2.19. The summed E-state index contributed by atoms with van der Waals surface area (Å²) in [6, 6.07) is 0.377. The first-order valence-corrected chi connectivity index (χ1v) is 8.14. The molecule has 2 bridgehead atoms. The number of hydrogen-bond donors (Lipinski definition) is 1. The summed E-state index contributed by atoms with van der Waals surface area (Å²) in [5.74, 6) is 0. The van der Waals surface area contributed by atoms with Crippen LogP contribution in [0.2, 0.25) is 0 Å². The van der Waals surface area contributed by atoms with Crippen molar-refractivity contribution in [2.24, 2.45) is 10.8 Å². The number of allylic oxidation sites excluding steroid dienone is 3. The molecule has 2 atom stereocenters. The maximum Gasteiger partial charge on any atom is 0.214 e. The molecule has 2 fully saturated rings. The van der Waals surface area contributed by atoms with Gasteiger partial charge in [-0.05, 0) is 32.1 Å². The monoisotopic (exact) mass is 293 g/mol. The molecular formula is C16H23NO2S.